The van der Waals surface area contributed by atoms with E-state index in [0.29, 0.717) is 12.5 Å². The van der Waals surface area contributed by atoms with Gasteiger partial charge >= 0.3 is 0 Å². The highest BCUT2D eigenvalue weighted by atomic mass is 19.1. The van der Waals surface area contributed by atoms with Gasteiger partial charge in [-0.2, -0.15) is 0 Å². The average molecular weight is 463 g/mol. The molecule has 5 rings (SSSR count). The topological polar surface area (TPSA) is 31.7 Å². The Morgan fingerprint density at radius 2 is 1.65 bits per heavy atom. The summed E-state index contributed by atoms with van der Waals surface area (Å²) >= 11 is 0. The number of aromatic nitrogens is 1. The van der Waals surface area contributed by atoms with Gasteiger partial charge in [-0.1, -0.05) is 37.3 Å². The highest BCUT2D eigenvalue weighted by Crippen LogP contribution is 2.26. The third-order valence-corrected chi connectivity index (χ3v) is 7.58. The maximum Gasteiger partial charge on any atom is 0.225 e. The molecule has 180 valence electrons. The molecule has 0 N–H and O–H groups in total. The van der Waals surface area contributed by atoms with E-state index in [9.17, 15) is 9.18 Å². The quantitative estimate of drug-likeness (QED) is 0.550. The molecule has 0 bridgehead atoms. The van der Waals surface area contributed by atoms with Gasteiger partial charge in [-0.25, -0.2) is 4.39 Å². The van der Waals surface area contributed by atoms with Gasteiger partial charge in [0.2, 0.25) is 5.91 Å². The Morgan fingerprint density at radius 1 is 0.882 bits per heavy atom. The van der Waals surface area contributed by atoms with Crippen molar-refractivity contribution in [2.75, 3.05) is 45.8 Å². The molecule has 3 heterocycles. The van der Waals surface area contributed by atoms with Crippen LogP contribution in [-0.4, -0.2) is 71.0 Å². The molecular formula is C28H35FN4O. The first-order valence-corrected chi connectivity index (χ1v) is 12.7. The van der Waals surface area contributed by atoms with E-state index in [2.05, 4.69) is 56.5 Å². The summed E-state index contributed by atoms with van der Waals surface area (Å²) in [5, 5.41) is 1.21. The third kappa shape index (κ3) is 5.03. The summed E-state index contributed by atoms with van der Waals surface area (Å²) in [7, 11) is 0. The summed E-state index contributed by atoms with van der Waals surface area (Å²) in [6, 6.07) is 17.6. The molecule has 5 nitrogen and oxygen atoms in total. The average Bonchev–Trinajstić information content (AvgIpc) is 3.21. The smallest absolute Gasteiger partial charge is 0.225 e. The lowest BCUT2D eigenvalue weighted by Crippen LogP contribution is -2.51. The molecular weight excluding hydrogens is 427 g/mol. The van der Waals surface area contributed by atoms with Gasteiger partial charge in [0.15, 0.2) is 0 Å². The number of para-hydroxylation sites is 1. The predicted octanol–water partition coefficient (Wildman–Crippen LogP) is 4.20. The van der Waals surface area contributed by atoms with E-state index in [4.69, 9.17) is 0 Å². The molecule has 0 aliphatic carbocycles. The number of piperazine rings is 1. The van der Waals surface area contributed by atoms with Crippen molar-refractivity contribution in [2.24, 2.45) is 5.92 Å². The van der Waals surface area contributed by atoms with E-state index in [1.807, 2.05) is 6.07 Å². The molecule has 1 amide bonds. The molecule has 0 radical (unpaired) electrons. The standard InChI is InChI=1S/C28H35FN4O/c1-2-30-14-16-32(17-15-30)28(34)23-10-12-31(13-11-23)21-26-19-24-7-3-4-9-27(24)33(26)20-22-6-5-8-25(29)18-22/h3-9,18-19,23H,2,10-17,20-21H2,1H3. The van der Waals surface area contributed by atoms with Crippen LogP contribution in [0.5, 0.6) is 0 Å². The van der Waals surface area contributed by atoms with Crippen molar-refractivity contribution in [3.05, 3.63) is 71.7 Å². The van der Waals surface area contributed by atoms with E-state index < -0.39 is 0 Å². The zero-order chi connectivity index (χ0) is 23.5. The monoisotopic (exact) mass is 462 g/mol. The molecule has 6 heteroatoms. The normalized spacial score (nSPS) is 18.6. The summed E-state index contributed by atoms with van der Waals surface area (Å²) in [4.78, 5) is 20.0. The second-order valence-electron chi connectivity index (χ2n) is 9.72. The minimum absolute atomic E-state index is 0.155. The fourth-order valence-electron chi connectivity index (χ4n) is 5.51. The fourth-order valence-corrected chi connectivity index (χ4v) is 5.51. The molecule has 0 saturated carbocycles. The number of likely N-dealkylation sites (N-methyl/N-ethyl adjacent to an activating group) is 1. The summed E-state index contributed by atoms with van der Waals surface area (Å²) in [5.74, 6) is 0.316. The first-order valence-electron chi connectivity index (χ1n) is 12.7. The van der Waals surface area contributed by atoms with Crippen molar-refractivity contribution in [1.82, 2.24) is 19.3 Å². The number of carbonyl (C=O) groups is 1. The largest absolute Gasteiger partial charge is 0.340 e. The summed E-state index contributed by atoms with van der Waals surface area (Å²) in [5.41, 5.74) is 3.39. The SMILES string of the molecule is CCN1CCN(C(=O)C2CCN(Cc3cc4ccccc4n3Cc3cccc(F)c3)CC2)CC1. The molecule has 2 aliphatic heterocycles. The van der Waals surface area contributed by atoms with Crippen molar-refractivity contribution in [3.8, 4) is 0 Å². The van der Waals surface area contributed by atoms with Gasteiger partial charge < -0.3 is 14.4 Å². The Balaban J connectivity index is 1.24. The van der Waals surface area contributed by atoms with Gasteiger partial charge in [-0.3, -0.25) is 9.69 Å². The molecule has 2 fully saturated rings. The van der Waals surface area contributed by atoms with Gasteiger partial charge in [-0.15, -0.1) is 0 Å². The number of rotatable bonds is 6. The predicted molar refractivity (Wildman–Crippen MR) is 134 cm³/mol. The highest BCUT2D eigenvalue weighted by Gasteiger charge is 2.30. The Kier molecular flexibility index (Phi) is 6.97. The van der Waals surface area contributed by atoms with Crippen LogP contribution in [0.2, 0.25) is 0 Å². The lowest BCUT2D eigenvalue weighted by molar-refractivity contribution is -0.138. The molecule has 2 saturated heterocycles. The first kappa shape index (κ1) is 23.1. The lowest BCUT2D eigenvalue weighted by Gasteiger charge is -2.38. The van der Waals surface area contributed by atoms with Gasteiger partial charge in [-0.05, 0) is 67.7 Å². The number of carbonyl (C=O) groups excluding carboxylic acids is 1. The van der Waals surface area contributed by atoms with E-state index in [1.54, 1.807) is 12.1 Å². The van der Waals surface area contributed by atoms with Crippen LogP contribution in [-0.2, 0) is 17.9 Å². The summed E-state index contributed by atoms with van der Waals surface area (Å²) in [6.07, 6.45) is 1.86. The highest BCUT2D eigenvalue weighted by molar-refractivity contribution is 5.81. The molecule has 2 aliphatic rings. The van der Waals surface area contributed by atoms with Crippen LogP contribution in [0.1, 0.15) is 31.0 Å². The Hall–Kier alpha value is -2.70. The maximum absolute atomic E-state index is 13.8. The van der Waals surface area contributed by atoms with Gasteiger partial charge in [0.25, 0.3) is 0 Å². The van der Waals surface area contributed by atoms with Gasteiger partial charge in [0.1, 0.15) is 5.82 Å². The molecule has 0 atom stereocenters. The van der Waals surface area contributed by atoms with Crippen molar-refractivity contribution in [2.45, 2.75) is 32.9 Å². The van der Waals surface area contributed by atoms with Crippen LogP contribution in [0.15, 0.2) is 54.6 Å². The zero-order valence-corrected chi connectivity index (χ0v) is 20.1. The number of hydrogen-bond donors (Lipinski definition) is 0. The number of amides is 1. The van der Waals surface area contributed by atoms with Crippen molar-refractivity contribution >= 4 is 16.8 Å². The molecule has 34 heavy (non-hydrogen) atoms. The lowest BCUT2D eigenvalue weighted by atomic mass is 9.95. The Morgan fingerprint density at radius 3 is 2.38 bits per heavy atom. The van der Waals surface area contributed by atoms with Crippen molar-refractivity contribution < 1.29 is 9.18 Å². The number of fused-ring (bicyclic) bond motifs is 1. The van der Waals surface area contributed by atoms with Gasteiger partial charge in [0.05, 0.1) is 0 Å². The number of hydrogen-bond acceptors (Lipinski definition) is 3. The van der Waals surface area contributed by atoms with Crippen molar-refractivity contribution in [1.29, 1.82) is 0 Å². The summed E-state index contributed by atoms with van der Waals surface area (Å²) in [6.45, 7) is 10.4. The van der Waals surface area contributed by atoms with Crippen LogP contribution in [0.3, 0.4) is 0 Å². The first-order chi connectivity index (χ1) is 16.6. The van der Waals surface area contributed by atoms with Gasteiger partial charge in [0, 0.05) is 56.4 Å². The summed E-state index contributed by atoms with van der Waals surface area (Å²) < 4.78 is 16.1. The second-order valence-corrected chi connectivity index (χ2v) is 9.72. The molecule has 3 aromatic rings. The molecule has 1 aromatic heterocycles. The van der Waals surface area contributed by atoms with Crippen LogP contribution in [0.25, 0.3) is 10.9 Å². The fraction of sp³-hybridized carbons (Fsp3) is 0.464. The number of halogens is 1. The Labute approximate surface area is 201 Å². The molecule has 0 unspecified atom stereocenters. The minimum atomic E-state index is -0.196. The molecule has 0 spiro atoms. The van der Waals surface area contributed by atoms with E-state index in [1.165, 1.54) is 22.7 Å². The minimum Gasteiger partial charge on any atom is -0.340 e. The second kappa shape index (κ2) is 10.3. The van der Waals surface area contributed by atoms with Crippen LogP contribution < -0.4 is 0 Å². The van der Waals surface area contributed by atoms with E-state index >= 15 is 0 Å². The maximum atomic E-state index is 13.8. The van der Waals surface area contributed by atoms with E-state index in [0.717, 1.165) is 70.8 Å². The van der Waals surface area contributed by atoms with E-state index in [-0.39, 0.29) is 11.7 Å². The van der Waals surface area contributed by atoms with Crippen molar-refractivity contribution in [3.63, 3.8) is 0 Å². The third-order valence-electron chi connectivity index (χ3n) is 7.58. The van der Waals surface area contributed by atoms with Crippen LogP contribution >= 0.6 is 0 Å². The number of likely N-dealkylation sites (tertiary alicyclic amines) is 1. The molecule has 2 aromatic carbocycles. The van der Waals surface area contributed by atoms with Crippen LogP contribution in [0, 0.1) is 11.7 Å². The number of benzene rings is 2. The Bertz CT molecular complexity index is 1130. The number of piperidine rings is 1. The van der Waals surface area contributed by atoms with Crippen LogP contribution in [0.4, 0.5) is 4.39 Å². The zero-order valence-electron chi connectivity index (χ0n) is 20.1. The number of nitrogens with zero attached hydrogens (tertiary/aromatic N) is 4.